The summed E-state index contributed by atoms with van der Waals surface area (Å²) in [5.41, 5.74) is 0.920. The number of fused-ring (bicyclic) bond motifs is 1. The third-order valence-corrected chi connectivity index (χ3v) is 6.61. The third-order valence-electron chi connectivity index (χ3n) is 5.17. The zero-order valence-corrected chi connectivity index (χ0v) is 15.5. The Balaban J connectivity index is 1.34. The number of nitrogens with zero attached hydrogens (tertiary/aromatic N) is 2. The Bertz CT molecular complexity index is 852. The Kier molecular flexibility index (Phi) is 4.83. The summed E-state index contributed by atoms with van der Waals surface area (Å²) < 4.78 is 38.6. The highest BCUT2D eigenvalue weighted by atomic mass is 32.2. The Morgan fingerprint density at radius 1 is 1.27 bits per heavy atom. The summed E-state index contributed by atoms with van der Waals surface area (Å²) in [6, 6.07) is 10.4. The van der Waals surface area contributed by atoms with Gasteiger partial charge < -0.3 is 9.26 Å². The molecule has 0 unspecified atom stereocenters. The summed E-state index contributed by atoms with van der Waals surface area (Å²) in [7, 11) is -3.48. The third kappa shape index (κ3) is 3.68. The van der Waals surface area contributed by atoms with Crippen molar-refractivity contribution in [2.75, 3.05) is 26.2 Å². The largest absolute Gasteiger partial charge is 0.376 e. The molecule has 140 valence electrons. The lowest BCUT2D eigenvalue weighted by atomic mass is 9.93. The van der Waals surface area contributed by atoms with E-state index in [1.165, 1.54) is 0 Å². The van der Waals surface area contributed by atoms with Gasteiger partial charge in [-0.25, -0.2) is 13.1 Å². The van der Waals surface area contributed by atoms with Crippen LogP contribution in [0.15, 0.2) is 45.8 Å². The van der Waals surface area contributed by atoms with Crippen molar-refractivity contribution in [3.8, 4) is 0 Å². The number of benzene rings is 1. The van der Waals surface area contributed by atoms with Gasteiger partial charge in [-0.05, 0) is 19.1 Å². The predicted octanol–water partition coefficient (Wildman–Crippen LogP) is 1.41. The maximum absolute atomic E-state index is 12.4. The average molecular weight is 377 g/mol. The standard InChI is InChI=1S/C18H23N3O4S/c1-13-7-15(20-25-13)9-21-10-17-14(12-24-18(17)11-21)8-19-26(22,23)16-5-3-2-4-6-16/h2-7,14,17-19H,8-12H2,1H3/t14-,17-,18-/m1/s1. The van der Waals surface area contributed by atoms with Gasteiger partial charge in [-0.3, -0.25) is 4.90 Å². The van der Waals surface area contributed by atoms with Crippen LogP contribution < -0.4 is 4.72 Å². The van der Waals surface area contributed by atoms with E-state index >= 15 is 0 Å². The number of likely N-dealkylation sites (tertiary alicyclic amines) is 1. The summed E-state index contributed by atoms with van der Waals surface area (Å²) in [6.45, 7) is 5.34. The van der Waals surface area contributed by atoms with Gasteiger partial charge in [0.15, 0.2) is 0 Å². The van der Waals surface area contributed by atoms with E-state index in [9.17, 15) is 8.42 Å². The number of hydrogen-bond donors (Lipinski definition) is 1. The van der Waals surface area contributed by atoms with Crippen LogP contribution in [0.5, 0.6) is 0 Å². The molecule has 4 rings (SSSR count). The summed E-state index contributed by atoms with van der Waals surface area (Å²) in [5.74, 6) is 1.33. The maximum atomic E-state index is 12.4. The van der Waals surface area contributed by atoms with Gasteiger partial charge in [-0.2, -0.15) is 0 Å². The number of aromatic nitrogens is 1. The van der Waals surface area contributed by atoms with Crippen LogP contribution in [0.1, 0.15) is 11.5 Å². The van der Waals surface area contributed by atoms with Crippen LogP contribution in [0.25, 0.3) is 0 Å². The number of aryl methyl sites for hydroxylation is 1. The zero-order chi connectivity index (χ0) is 18.1. The molecular formula is C18H23N3O4S. The number of sulfonamides is 1. The predicted molar refractivity (Wildman–Crippen MR) is 94.9 cm³/mol. The van der Waals surface area contributed by atoms with Crippen molar-refractivity contribution >= 4 is 10.0 Å². The van der Waals surface area contributed by atoms with Crippen LogP contribution in [-0.4, -0.2) is 50.8 Å². The highest BCUT2D eigenvalue weighted by Crippen LogP contribution is 2.34. The number of ether oxygens (including phenoxy) is 1. The quantitative estimate of drug-likeness (QED) is 0.819. The van der Waals surface area contributed by atoms with Gasteiger partial charge in [0.1, 0.15) is 5.76 Å². The molecule has 0 radical (unpaired) electrons. The van der Waals surface area contributed by atoms with E-state index in [2.05, 4.69) is 14.8 Å². The number of rotatable bonds is 6. The van der Waals surface area contributed by atoms with Crippen molar-refractivity contribution in [1.82, 2.24) is 14.8 Å². The molecule has 7 nitrogen and oxygen atoms in total. The molecule has 26 heavy (non-hydrogen) atoms. The molecule has 3 atom stereocenters. The van der Waals surface area contributed by atoms with Crippen LogP contribution in [0, 0.1) is 18.8 Å². The highest BCUT2D eigenvalue weighted by molar-refractivity contribution is 7.89. The van der Waals surface area contributed by atoms with Gasteiger partial charge in [0, 0.05) is 44.1 Å². The van der Waals surface area contributed by atoms with E-state index in [4.69, 9.17) is 9.26 Å². The van der Waals surface area contributed by atoms with E-state index in [1.807, 2.05) is 13.0 Å². The van der Waals surface area contributed by atoms with E-state index < -0.39 is 10.0 Å². The fraction of sp³-hybridized carbons (Fsp3) is 0.500. The summed E-state index contributed by atoms with van der Waals surface area (Å²) >= 11 is 0. The van der Waals surface area contributed by atoms with Crippen molar-refractivity contribution in [2.45, 2.75) is 24.5 Å². The molecule has 0 saturated carbocycles. The minimum Gasteiger partial charge on any atom is -0.376 e. The van der Waals surface area contributed by atoms with E-state index in [0.29, 0.717) is 24.0 Å². The van der Waals surface area contributed by atoms with Crippen LogP contribution in [0.2, 0.25) is 0 Å². The van der Waals surface area contributed by atoms with Gasteiger partial charge in [-0.1, -0.05) is 23.4 Å². The average Bonchev–Trinajstić information content (AvgIpc) is 3.31. The normalized spacial score (nSPS) is 26.3. The molecule has 1 N–H and O–H groups in total. The molecule has 2 aliphatic heterocycles. The Labute approximate surface area is 153 Å². The van der Waals surface area contributed by atoms with Gasteiger partial charge in [0.05, 0.1) is 23.3 Å². The van der Waals surface area contributed by atoms with Crippen LogP contribution in [0.3, 0.4) is 0 Å². The Hall–Kier alpha value is -1.74. The van der Waals surface area contributed by atoms with Crippen LogP contribution in [-0.2, 0) is 21.3 Å². The van der Waals surface area contributed by atoms with Gasteiger partial charge >= 0.3 is 0 Å². The first-order valence-corrected chi connectivity index (χ1v) is 10.3. The summed E-state index contributed by atoms with van der Waals surface area (Å²) in [6.07, 6.45) is 0.161. The summed E-state index contributed by atoms with van der Waals surface area (Å²) in [5, 5.41) is 4.05. The van der Waals surface area contributed by atoms with Gasteiger partial charge in [0.2, 0.25) is 10.0 Å². The van der Waals surface area contributed by atoms with Crippen LogP contribution in [0.4, 0.5) is 0 Å². The lowest BCUT2D eigenvalue weighted by molar-refractivity contribution is 0.0938. The molecule has 2 aliphatic rings. The lowest BCUT2D eigenvalue weighted by Gasteiger charge is -2.19. The molecule has 2 aromatic rings. The van der Waals surface area contributed by atoms with Crippen molar-refractivity contribution in [3.05, 3.63) is 47.9 Å². The molecule has 1 aromatic carbocycles. The second kappa shape index (κ2) is 7.11. The number of hydrogen-bond acceptors (Lipinski definition) is 6. The van der Waals surface area contributed by atoms with Gasteiger partial charge in [-0.15, -0.1) is 0 Å². The molecule has 0 amide bonds. The summed E-state index contributed by atoms with van der Waals surface area (Å²) in [4.78, 5) is 2.59. The molecular weight excluding hydrogens is 354 g/mol. The first kappa shape index (κ1) is 17.7. The monoisotopic (exact) mass is 377 g/mol. The van der Waals surface area contributed by atoms with Crippen molar-refractivity contribution < 1.29 is 17.7 Å². The molecule has 8 heteroatoms. The second-order valence-electron chi connectivity index (χ2n) is 7.08. The SMILES string of the molecule is Cc1cc(CN2C[C@@H]3[C@H](CNS(=O)(=O)c4ccccc4)CO[C@@H]3C2)no1. The Morgan fingerprint density at radius 3 is 2.81 bits per heavy atom. The number of nitrogens with one attached hydrogen (secondary N) is 1. The molecule has 0 aliphatic carbocycles. The van der Waals surface area contributed by atoms with E-state index in [0.717, 1.165) is 31.1 Å². The first-order chi connectivity index (χ1) is 12.5. The zero-order valence-electron chi connectivity index (χ0n) is 14.7. The van der Waals surface area contributed by atoms with Crippen molar-refractivity contribution in [1.29, 1.82) is 0 Å². The highest BCUT2D eigenvalue weighted by Gasteiger charge is 2.44. The van der Waals surface area contributed by atoms with Crippen molar-refractivity contribution in [3.63, 3.8) is 0 Å². The van der Waals surface area contributed by atoms with Gasteiger partial charge in [0.25, 0.3) is 0 Å². The maximum Gasteiger partial charge on any atom is 0.240 e. The Morgan fingerprint density at radius 2 is 2.08 bits per heavy atom. The second-order valence-corrected chi connectivity index (χ2v) is 8.85. The van der Waals surface area contributed by atoms with E-state index in [-0.39, 0.29) is 12.0 Å². The minimum absolute atomic E-state index is 0.161. The fourth-order valence-electron chi connectivity index (χ4n) is 3.84. The minimum atomic E-state index is -3.48. The molecule has 1 aromatic heterocycles. The van der Waals surface area contributed by atoms with Crippen molar-refractivity contribution in [2.24, 2.45) is 11.8 Å². The molecule has 2 saturated heterocycles. The smallest absolute Gasteiger partial charge is 0.240 e. The molecule has 2 fully saturated rings. The lowest BCUT2D eigenvalue weighted by Crippen LogP contribution is -2.34. The first-order valence-electron chi connectivity index (χ1n) is 8.82. The molecule has 0 spiro atoms. The van der Waals surface area contributed by atoms with Crippen LogP contribution >= 0.6 is 0 Å². The van der Waals surface area contributed by atoms with E-state index in [1.54, 1.807) is 30.3 Å². The molecule has 0 bridgehead atoms. The molecule has 3 heterocycles. The topological polar surface area (TPSA) is 84.7 Å². The fourth-order valence-corrected chi connectivity index (χ4v) is 4.96.